The van der Waals surface area contributed by atoms with E-state index in [0.717, 1.165) is 0 Å². The molecule has 0 aromatic carbocycles. The molecule has 0 aliphatic rings. The van der Waals surface area contributed by atoms with Crippen molar-refractivity contribution in [2.75, 3.05) is 0 Å². The van der Waals surface area contributed by atoms with Gasteiger partial charge in [-0.2, -0.15) is 0 Å². The van der Waals surface area contributed by atoms with E-state index < -0.39 is 3.79 Å². The highest BCUT2D eigenvalue weighted by Gasteiger charge is 2.23. The summed E-state index contributed by atoms with van der Waals surface area (Å²) in [6, 6.07) is 3.20. The molecule has 0 amide bonds. The molecule has 82 valence electrons. The lowest BCUT2D eigenvalue weighted by molar-refractivity contribution is 1.08. The minimum atomic E-state index is -1.41. The number of allylic oxidation sites excluding steroid dienone is 1. The molecule has 0 saturated heterocycles. The Balaban J connectivity index is 2.96. The van der Waals surface area contributed by atoms with Gasteiger partial charge in [-0.15, -0.1) is 0 Å². The van der Waals surface area contributed by atoms with Crippen molar-refractivity contribution in [3.05, 3.63) is 34.6 Å². The second kappa shape index (κ2) is 5.11. The number of hydrogen-bond donors (Lipinski definition) is 0. The Morgan fingerprint density at radius 3 is 2.40 bits per heavy atom. The molecule has 0 aliphatic carbocycles. The predicted octanol–water partition coefficient (Wildman–Crippen LogP) is 5.16. The van der Waals surface area contributed by atoms with Gasteiger partial charge in [0.05, 0.1) is 10.7 Å². The average molecular weight is 305 g/mol. The molecule has 0 aliphatic heterocycles. The van der Waals surface area contributed by atoms with Crippen molar-refractivity contribution in [1.82, 2.24) is 4.98 Å². The molecule has 0 N–H and O–H groups in total. The summed E-state index contributed by atoms with van der Waals surface area (Å²) in [7, 11) is 0. The molecule has 0 bridgehead atoms. The summed E-state index contributed by atoms with van der Waals surface area (Å²) in [6.07, 6.45) is 0.144. The van der Waals surface area contributed by atoms with Gasteiger partial charge in [-0.1, -0.05) is 64.6 Å². The van der Waals surface area contributed by atoms with Crippen LogP contribution in [0.3, 0.4) is 0 Å². The standard InChI is InChI=1S/C9H6Cl5N/c1-5(4-9(12,13)14)8-6(10)2-3-7(11)15-8/h2-3H,1,4H2. The number of halogens is 5. The SMILES string of the molecule is C=C(CC(Cl)(Cl)Cl)c1nc(Cl)ccc1Cl. The normalized spacial score (nSPS) is 11.5. The highest BCUT2D eigenvalue weighted by molar-refractivity contribution is 6.67. The van der Waals surface area contributed by atoms with Crippen molar-refractivity contribution in [1.29, 1.82) is 0 Å². The highest BCUT2D eigenvalue weighted by Crippen LogP contribution is 2.37. The van der Waals surface area contributed by atoms with E-state index in [1.54, 1.807) is 12.1 Å². The van der Waals surface area contributed by atoms with Gasteiger partial charge in [-0.25, -0.2) is 4.98 Å². The minimum Gasteiger partial charge on any atom is -0.235 e. The molecule has 0 radical (unpaired) electrons. The van der Waals surface area contributed by atoms with Gasteiger partial charge in [0, 0.05) is 6.42 Å². The molecule has 0 unspecified atom stereocenters. The van der Waals surface area contributed by atoms with E-state index in [1.165, 1.54) is 0 Å². The first-order valence-electron chi connectivity index (χ1n) is 3.86. The maximum atomic E-state index is 5.91. The van der Waals surface area contributed by atoms with Gasteiger partial charge in [0.25, 0.3) is 0 Å². The molecule has 0 spiro atoms. The van der Waals surface area contributed by atoms with Crippen LogP contribution in [0.1, 0.15) is 12.1 Å². The number of nitrogens with zero attached hydrogens (tertiary/aromatic N) is 1. The summed E-state index contributed by atoms with van der Waals surface area (Å²) in [4.78, 5) is 4.01. The third-order valence-corrected chi connectivity index (χ3v) is 2.48. The monoisotopic (exact) mass is 303 g/mol. The van der Waals surface area contributed by atoms with Crippen LogP contribution < -0.4 is 0 Å². The lowest BCUT2D eigenvalue weighted by Gasteiger charge is -2.13. The Morgan fingerprint density at radius 2 is 1.87 bits per heavy atom. The van der Waals surface area contributed by atoms with Crippen LogP contribution in [0.15, 0.2) is 18.7 Å². The highest BCUT2D eigenvalue weighted by atomic mass is 35.6. The smallest absolute Gasteiger partial charge is 0.194 e. The number of hydrogen-bond acceptors (Lipinski definition) is 1. The molecular formula is C9H6Cl5N. The van der Waals surface area contributed by atoms with Crippen LogP contribution in [0.5, 0.6) is 0 Å². The van der Waals surface area contributed by atoms with E-state index in [-0.39, 0.29) is 6.42 Å². The van der Waals surface area contributed by atoms with Gasteiger partial charge >= 0.3 is 0 Å². The van der Waals surface area contributed by atoms with Gasteiger partial charge in [-0.3, -0.25) is 0 Å². The fourth-order valence-electron chi connectivity index (χ4n) is 0.992. The van der Waals surface area contributed by atoms with E-state index in [4.69, 9.17) is 58.0 Å². The molecule has 1 aromatic rings. The molecular weight excluding hydrogens is 299 g/mol. The number of pyridine rings is 1. The number of alkyl halides is 3. The predicted molar refractivity (Wildman–Crippen MR) is 68.2 cm³/mol. The van der Waals surface area contributed by atoms with Crippen LogP contribution in [0.2, 0.25) is 10.2 Å². The Hall–Kier alpha value is 0.340. The van der Waals surface area contributed by atoms with Gasteiger partial charge in [0.2, 0.25) is 0 Å². The molecule has 0 atom stereocenters. The Morgan fingerprint density at radius 1 is 1.27 bits per heavy atom. The van der Waals surface area contributed by atoms with Crippen molar-refractivity contribution in [3.63, 3.8) is 0 Å². The Labute approximate surface area is 113 Å². The second-order valence-corrected chi connectivity index (χ2v) is 6.17. The van der Waals surface area contributed by atoms with Crippen molar-refractivity contribution < 1.29 is 0 Å². The first-order chi connectivity index (χ1) is 6.79. The van der Waals surface area contributed by atoms with E-state index in [9.17, 15) is 0 Å². The van der Waals surface area contributed by atoms with E-state index in [2.05, 4.69) is 11.6 Å². The quantitative estimate of drug-likeness (QED) is 0.543. The molecule has 0 saturated carbocycles. The van der Waals surface area contributed by atoms with Crippen LogP contribution in [0, 0.1) is 0 Å². The summed E-state index contributed by atoms with van der Waals surface area (Å²) in [5.74, 6) is 0. The van der Waals surface area contributed by atoms with Gasteiger partial charge in [0.15, 0.2) is 3.79 Å². The first kappa shape index (κ1) is 13.4. The van der Waals surface area contributed by atoms with Crippen LogP contribution in [0.25, 0.3) is 5.57 Å². The lowest BCUT2D eigenvalue weighted by atomic mass is 10.1. The molecule has 1 heterocycles. The summed E-state index contributed by atoms with van der Waals surface area (Å²) >= 11 is 28.5. The average Bonchev–Trinajstić information content (AvgIpc) is 2.06. The summed E-state index contributed by atoms with van der Waals surface area (Å²) in [6.45, 7) is 3.75. The fraction of sp³-hybridized carbons (Fsp3) is 0.222. The van der Waals surface area contributed by atoms with Crippen molar-refractivity contribution in [2.45, 2.75) is 10.2 Å². The molecule has 15 heavy (non-hydrogen) atoms. The lowest BCUT2D eigenvalue weighted by Crippen LogP contribution is -2.04. The zero-order valence-corrected chi connectivity index (χ0v) is 11.2. The summed E-state index contributed by atoms with van der Waals surface area (Å²) in [5, 5.41) is 0.749. The number of aromatic nitrogens is 1. The Kier molecular flexibility index (Phi) is 4.57. The topological polar surface area (TPSA) is 12.9 Å². The molecule has 6 heteroatoms. The van der Waals surface area contributed by atoms with Crippen molar-refractivity contribution in [2.24, 2.45) is 0 Å². The largest absolute Gasteiger partial charge is 0.235 e. The van der Waals surface area contributed by atoms with Gasteiger partial charge in [0.1, 0.15) is 5.15 Å². The van der Waals surface area contributed by atoms with Gasteiger partial charge < -0.3 is 0 Å². The van der Waals surface area contributed by atoms with Crippen molar-refractivity contribution in [3.8, 4) is 0 Å². The van der Waals surface area contributed by atoms with Crippen molar-refractivity contribution >= 4 is 63.6 Å². The van der Waals surface area contributed by atoms with Crippen LogP contribution >= 0.6 is 58.0 Å². The van der Waals surface area contributed by atoms with Crippen LogP contribution in [-0.2, 0) is 0 Å². The zero-order valence-electron chi connectivity index (χ0n) is 7.41. The molecule has 1 rings (SSSR count). The zero-order chi connectivity index (χ0) is 11.6. The van der Waals surface area contributed by atoms with Crippen LogP contribution in [0.4, 0.5) is 0 Å². The summed E-state index contributed by atoms with van der Waals surface area (Å²) < 4.78 is -1.41. The maximum Gasteiger partial charge on any atom is 0.194 e. The Bertz CT molecular complexity index is 383. The van der Waals surface area contributed by atoms with E-state index in [0.29, 0.717) is 21.4 Å². The fourth-order valence-corrected chi connectivity index (χ4v) is 1.86. The number of rotatable bonds is 2. The minimum absolute atomic E-state index is 0.144. The van der Waals surface area contributed by atoms with E-state index in [1.807, 2.05) is 0 Å². The maximum absolute atomic E-state index is 5.91. The third kappa shape index (κ3) is 4.38. The van der Waals surface area contributed by atoms with Gasteiger partial charge in [-0.05, 0) is 17.7 Å². The molecule has 0 fully saturated rings. The molecule has 1 nitrogen and oxygen atoms in total. The summed E-state index contributed by atoms with van der Waals surface area (Å²) in [5.41, 5.74) is 0.984. The molecule has 1 aromatic heterocycles. The second-order valence-electron chi connectivity index (χ2n) is 2.86. The first-order valence-corrected chi connectivity index (χ1v) is 5.75. The van der Waals surface area contributed by atoms with E-state index >= 15 is 0 Å². The van der Waals surface area contributed by atoms with Crippen LogP contribution in [-0.4, -0.2) is 8.78 Å². The third-order valence-electron chi connectivity index (χ3n) is 1.56.